The second kappa shape index (κ2) is 4.75. The highest BCUT2D eigenvalue weighted by molar-refractivity contribution is 5.18. The predicted molar refractivity (Wildman–Crippen MR) is 62.7 cm³/mol. The molecule has 1 aliphatic rings. The van der Waals surface area contributed by atoms with Crippen LogP contribution in [0.3, 0.4) is 0 Å². The van der Waals surface area contributed by atoms with Gasteiger partial charge in [0.05, 0.1) is 11.7 Å². The highest BCUT2D eigenvalue weighted by Gasteiger charge is 2.28. The van der Waals surface area contributed by atoms with Crippen molar-refractivity contribution in [2.24, 2.45) is 5.92 Å². The summed E-state index contributed by atoms with van der Waals surface area (Å²) in [5.74, 6) is 0.805. The van der Waals surface area contributed by atoms with Gasteiger partial charge in [-0.3, -0.25) is 4.98 Å². The van der Waals surface area contributed by atoms with Gasteiger partial charge in [-0.1, -0.05) is 13.3 Å². The first kappa shape index (κ1) is 10.6. The van der Waals surface area contributed by atoms with Gasteiger partial charge in [0, 0.05) is 6.20 Å². The molecule has 1 N–H and O–H groups in total. The average molecular weight is 204 g/mol. The minimum atomic E-state index is 0.476. The van der Waals surface area contributed by atoms with E-state index in [-0.39, 0.29) is 0 Å². The van der Waals surface area contributed by atoms with Crippen molar-refractivity contribution in [3.63, 3.8) is 0 Å². The van der Waals surface area contributed by atoms with Crippen LogP contribution in [0.2, 0.25) is 0 Å². The third-order valence-electron chi connectivity index (χ3n) is 3.30. The minimum absolute atomic E-state index is 0.476. The smallest absolute Gasteiger partial charge is 0.0578 e. The maximum atomic E-state index is 4.50. The summed E-state index contributed by atoms with van der Waals surface area (Å²) in [7, 11) is 0. The van der Waals surface area contributed by atoms with Gasteiger partial charge in [-0.25, -0.2) is 0 Å². The van der Waals surface area contributed by atoms with Crippen molar-refractivity contribution in [1.29, 1.82) is 0 Å². The summed E-state index contributed by atoms with van der Waals surface area (Å²) in [6, 6.07) is 4.75. The molecule has 0 saturated heterocycles. The molecule has 1 fully saturated rings. The summed E-state index contributed by atoms with van der Waals surface area (Å²) in [6.07, 6.45) is 6.02. The van der Waals surface area contributed by atoms with E-state index in [0.29, 0.717) is 6.04 Å². The Morgan fingerprint density at radius 1 is 1.53 bits per heavy atom. The zero-order chi connectivity index (χ0) is 10.7. The first-order chi connectivity index (χ1) is 7.31. The van der Waals surface area contributed by atoms with Gasteiger partial charge in [-0.05, 0) is 49.9 Å². The van der Waals surface area contributed by atoms with E-state index in [1.807, 2.05) is 6.20 Å². The molecule has 2 rings (SSSR count). The summed E-state index contributed by atoms with van der Waals surface area (Å²) in [6.45, 7) is 5.33. The van der Waals surface area contributed by atoms with Gasteiger partial charge in [0.2, 0.25) is 0 Å². The molecule has 0 aromatic carbocycles. The van der Waals surface area contributed by atoms with Crippen LogP contribution >= 0.6 is 0 Å². The van der Waals surface area contributed by atoms with Gasteiger partial charge < -0.3 is 5.32 Å². The van der Waals surface area contributed by atoms with E-state index in [0.717, 1.165) is 12.5 Å². The fourth-order valence-corrected chi connectivity index (χ4v) is 2.24. The van der Waals surface area contributed by atoms with Crippen molar-refractivity contribution >= 4 is 0 Å². The highest BCUT2D eigenvalue weighted by atomic mass is 14.9. The highest BCUT2D eigenvalue weighted by Crippen LogP contribution is 2.37. The molecule has 1 atom stereocenters. The van der Waals surface area contributed by atoms with E-state index >= 15 is 0 Å². The molecule has 1 unspecified atom stereocenters. The van der Waals surface area contributed by atoms with Crippen LogP contribution in [0.1, 0.15) is 43.5 Å². The molecule has 1 aromatic rings. The summed E-state index contributed by atoms with van der Waals surface area (Å²) in [4.78, 5) is 4.50. The zero-order valence-electron chi connectivity index (χ0n) is 9.66. The summed E-state index contributed by atoms with van der Waals surface area (Å²) in [5, 5.41) is 3.57. The molecule has 82 valence electrons. The van der Waals surface area contributed by atoms with E-state index in [1.165, 1.54) is 30.5 Å². The van der Waals surface area contributed by atoms with Crippen molar-refractivity contribution in [1.82, 2.24) is 10.3 Å². The lowest BCUT2D eigenvalue weighted by Crippen LogP contribution is -2.32. The van der Waals surface area contributed by atoms with Crippen LogP contribution in [-0.2, 0) is 0 Å². The number of rotatable bonds is 4. The molecule has 0 radical (unpaired) electrons. The van der Waals surface area contributed by atoms with Gasteiger partial charge in [0.1, 0.15) is 0 Å². The molecule has 2 nitrogen and oxygen atoms in total. The van der Waals surface area contributed by atoms with Crippen LogP contribution in [-0.4, -0.2) is 11.5 Å². The molecule has 15 heavy (non-hydrogen) atoms. The summed E-state index contributed by atoms with van der Waals surface area (Å²) in [5.41, 5.74) is 2.53. The lowest BCUT2D eigenvalue weighted by molar-refractivity contribution is 0.229. The molecule has 0 spiro atoms. The quantitative estimate of drug-likeness (QED) is 0.815. The molecule has 2 heteroatoms. The minimum Gasteiger partial charge on any atom is -0.309 e. The number of nitrogens with one attached hydrogen (secondary N) is 1. The summed E-state index contributed by atoms with van der Waals surface area (Å²) >= 11 is 0. The number of hydrogen-bond donors (Lipinski definition) is 1. The van der Waals surface area contributed by atoms with Crippen LogP contribution in [0.4, 0.5) is 0 Å². The standard InChI is InChI=1S/C13H20N2/c1-3-14-13(11-5-4-6-11)12-9-10(2)7-8-15-12/h7-9,11,13-14H,3-6H2,1-2H3. The van der Waals surface area contributed by atoms with Crippen LogP contribution < -0.4 is 5.32 Å². The van der Waals surface area contributed by atoms with Gasteiger partial charge in [-0.15, -0.1) is 0 Å². The largest absolute Gasteiger partial charge is 0.309 e. The Labute approximate surface area is 92.1 Å². The Kier molecular flexibility index (Phi) is 3.37. The van der Waals surface area contributed by atoms with E-state index in [4.69, 9.17) is 0 Å². The molecular weight excluding hydrogens is 184 g/mol. The number of hydrogen-bond acceptors (Lipinski definition) is 2. The van der Waals surface area contributed by atoms with E-state index < -0.39 is 0 Å². The van der Waals surface area contributed by atoms with Crippen LogP contribution in [0.15, 0.2) is 18.3 Å². The fourth-order valence-electron chi connectivity index (χ4n) is 2.24. The third-order valence-corrected chi connectivity index (χ3v) is 3.30. The third kappa shape index (κ3) is 2.37. The number of aryl methyl sites for hydroxylation is 1. The Hall–Kier alpha value is -0.890. The second-order valence-electron chi connectivity index (χ2n) is 4.48. The van der Waals surface area contributed by atoms with Gasteiger partial charge >= 0.3 is 0 Å². The molecule has 0 amide bonds. The van der Waals surface area contributed by atoms with Gasteiger partial charge in [-0.2, -0.15) is 0 Å². The first-order valence-corrected chi connectivity index (χ1v) is 5.97. The molecule has 1 saturated carbocycles. The number of aromatic nitrogens is 1. The van der Waals surface area contributed by atoms with Crippen LogP contribution in [0.25, 0.3) is 0 Å². The molecule has 1 aliphatic carbocycles. The molecule has 0 bridgehead atoms. The van der Waals surface area contributed by atoms with Crippen LogP contribution in [0.5, 0.6) is 0 Å². The first-order valence-electron chi connectivity index (χ1n) is 5.97. The predicted octanol–water partition coefficient (Wildman–Crippen LogP) is 2.84. The van der Waals surface area contributed by atoms with Gasteiger partial charge in [0.25, 0.3) is 0 Å². The van der Waals surface area contributed by atoms with Crippen molar-refractivity contribution in [2.75, 3.05) is 6.54 Å². The van der Waals surface area contributed by atoms with Crippen molar-refractivity contribution in [3.05, 3.63) is 29.6 Å². The lowest BCUT2D eigenvalue weighted by atomic mass is 9.78. The van der Waals surface area contributed by atoms with Crippen molar-refractivity contribution in [2.45, 2.75) is 39.2 Å². The Morgan fingerprint density at radius 3 is 2.87 bits per heavy atom. The molecular formula is C13H20N2. The normalized spacial score (nSPS) is 18.5. The topological polar surface area (TPSA) is 24.9 Å². The molecule has 1 heterocycles. The maximum Gasteiger partial charge on any atom is 0.0578 e. The maximum absolute atomic E-state index is 4.50. The van der Waals surface area contributed by atoms with E-state index in [1.54, 1.807) is 0 Å². The van der Waals surface area contributed by atoms with Crippen molar-refractivity contribution in [3.8, 4) is 0 Å². The summed E-state index contributed by atoms with van der Waals surface area (Å²) < 4.78 is 0. The monoisotopic (exact) mass is 204 g/mol. The lowest BCUT2D eigenvalue weighted by Gasteiger charge is -2.34. The van der Waals surface area contributed by atoms with E-state index in [9.17, 15) is 0 Å². The van der Waals surface area contributed by atoms with E-state index in [2.05, 4.69) is 36.3 Å². The Balaban J connectivity index is 2.15. The SMILES string of the molecule is CCNC(c1cc(C)ccn1)C1CCC1. The fraction of sp³-hybridized carbons (Fsp3) is 0.615. The molecule has 1 aromatic heterocycles. The second-order valence-corrected chi connectivity index (χ2v) is 4.48. The zero-order valence-corrected chi connectivity index (χ0v) is 9.66. The van der Waals surface area contributed by atoms with Crippen molar-refractivity contribution < 1.29 is 0 Å². The average Bonchev–Trinajstić information content (AvgIpc) is 2.14. The Morgan fingerprint density at radius 2 is 2.33 bits per heavy atom. The van der Waals surface area contributed by atoms with Gasteiger partial charge in [0.15, 0.2) is 0 Å². The van der Waals surface area contributed by atoms with Crippen LogP contribution in [0, 0.1) is 12.8 Å². The Bertz CT molecular complexity index is 318. The number of nitrogens with zero attached hydrogens (tertiary/aromatic N) is 1. The number of pyridine rings is 1. The molecule has 0 aliphatic heterocycles.